The fraction of sp³-hybridized carbons (Fsp3) is 0.542. The highest BCUT2D eigenvalue weighted by Gasteiger charge is 2.29. The fourth-order valence-corrected chi connectivity index (χ4v) is 4.37. The molecule has 1 aromatic heterocycles. The maximum atomic E-state index is 13.4. The third-order valence-electron chi connectivity index (χ3n) is 6.22. The smallest absolute Gasteiger partial charge is 0.257 e. The number of hydrogen-bond acceptors (Lipinski definition) is 7. The number of fused-ring (bicyclic) bond motifs is 1. The molecule has 1 fully saturated rings. The number of carbonyl (C=O) groups is 1. The molecule has 2 aliphatic rings. The summed E-state index contributed by atoms with van der Waals surface area (Å²) < 4.78 is 5.93. The number of likely N-dealkylation sites (N-methyl/N-ethyl adjacent to an activating group) is 1. The summed E-state index contributed by atoms with van der Waals surface area (Å²) in [5.74, 6) is 2.80. The van der Waals surface area contributed by atoms with Crippen LogP contribution in [0.25, 0.3) is 0 Å². The van der Waals surface area contributed by atoms with E-state index < -0.39 is 0 Å². The number of benzene rings is 1. The highest BCUT2D eigenvalue weighted by atomic mass is 16.5. The Balaban J connectivity index is 1.54. The van der Waals surface area contributed by atoms with Crippen LogP contribution in [0.3, 0.4) is 0 Å². The van der Waals surface area contributed by atoms with E-state index in [2.05, 4.69) is 15.5 Å². The van der Waals surface area contributed by atoms with E-state index in [0.717, 1.165) is 61.8 Å². The van der Waals surface area contributed by atoms with Crippen molar-refractivity contribution in [2.45, 2.75) is 31.7 Å². The van der Waals surface area contributed by atoms with Crippen LogP contribution in [-0.4, -0.2) is 79.6 Å². The van der Waals surface area contributed by atoms with Gasteiger partial charge in [-0.3, -0.25) is 4.79 Å². The molecule has 8 nitrogen and oxygen atoms in total. The van der Waals surface area contributed by atoms with E-state index in [1.807, 2.05) is 50.3 Å². The molecule has 2 aliphatic heterocycles. The number of anilines is 1. The Morgan fingerprint density at radius 2 is 2.03 bits per heavy atom. The van der Waals surface area contributed by atoms with Crippen molar-refractivity contribution in [2.24, 2.45) is 0 Å². The first-order valence-corrected chi connectivity index (χ1v) is 11.5. The summed E-state index contributed by atoms with van der Waals surface area (Å²) in [7, 11) is 5.92. The minimum Gasteiger partial charge on any atom is -0.491 e. The highest BCUT2D eigenvalue weighted by Crippen LogP contribution is 2.30. The first-order chi connectivity index (χ1) is 15.6. The van der Waals surface area contributed by atoms with Crippen molar-refractivity contribution in [1.29, 1.82) is 0 Å². The van der Waals surface area contributed by atoms with Gasteiger partial charge in [-0.05, 0) is 58.6 Å². The Bertz CT molecular complexity index is 942. The molecule has 3 heterocycles. The summed E-state index contributed by atoms with van der Waals surface area (Å²) in [4.78, 5) is 27.2. The first kappa shape index (κ1) is 22.5. The lowest BCUT2D eigenvalue weighted by Crippen LogP contribution is -2.37. The van der Waals surface area contributed by atoms with Gasteiger partial charge in [0.1, 0.15) is 24.0 Å². The summed E-state index contributed by atoms with van der Waals surface area (Å²) in [6.07, 6.45) is 2.83. The number of carbonyl (C=O) groups excluding carboxylic acids is 1. The maximum absolute atomic E-state index is 13.4. The van der Waals surface area contributed by atoms with Gasteiger partial charge >= 0.3 is 0 Å². The monoisotopic (exact) mass is 438 g/mol. The highest BCUT2D eigenvalue weighted by molar-refractivity contribution is 5.97. The lowest BCUT2D eigenvalue weighted by molar-refractivity contribution is 0.0726. The summed E-state index contributed by atoms with van der Waals surface area (Å²) >= 11 is 0. The number of nitrogens with zero attached hydrogens (tertiary/aromatic N) is 4. The summed E-state index contributed by atoms with van der Waals surface area (Å²) in [5.41, 5.74) is 2.70. The van der Waals surface area contributed by atoms with Crippen molar-refractivity contribution in [3.05, 3.63) is 46.9 Å². The lowest BCUT2D eigenvalue weighted by atomic mass is 9.96. The topological polar surface area (TPSA) is 82.6 Å². The van der Waals surface area contributed by atoms with Crippen molar-refractivity contribution in [3.8, 4) is 5.75 Å². The SMILES string of the molecule is CNc1nc(C2CCNCC2)nc2c1CCN(C(=O)c1ccccc1OCCN(C)C)C2. The molecular weight excluding hydrogens is 404 g/mol. The van der Waals surface area contributed by atoms with E-state index in [1.165, 1.54) is 0 Å². The van der Waals surface area contributed by atoms with Crippen molar-refractivity contribution in [3.63, 3.8) is 0 Å². The van der Waals surface area contributed by atoms with Gasteiger partial charge in [0.05, 0.1) is 17.8 Å². The molecule has 0 aliphatic carbocycles. The second-order valence-corrected chi connectivity index (χ2v) is 8.75. The van der Waals surface area contributed by atoms with Crippen LogP contribution < -0.4 is 15.4 Å². The summed E-state index contributed by atoms with van der Waals surface area (Å²) in [6.45, 7) is 4.46. The Labute approximate surface area is 190 Å². The number of ether oxygens (including phenoxy) is 1. The second kappa shape index (κ2) is 10.3. The van der Waals surface area contributed by atoms with Crippen LogP contribution in [0.4, 0.5) is 5.82 Å². The van der Waals surface area contributed by atoms with Gasteiger partial charge in [0.15, 0.2) is 0 Å². The van der Waals surface area contributed by atoms with Gasteiger partial charge in [-0.1, -0.05) is 12.1 Å². The average Bonchev–Trinajstić information content (AvgIpc) is 2.83. The third kappa shape index (κ3) is 5.02. The van der Waals surface area contributed by atoms with Gasteiger partial charge in [-0.2, -0.15) is 0 Å². The molecule has 1 amide bonds. The lowest BCUT2D eigenvalue weighted by Gasteiger charge is -2.31. The third-order valence-corrected chi connectivity index (χ3v) is 6.22. The minimum absolute atomic E-state index is 0.0101. The van der Waals surface area contributed by atoms with Crippen LogP contribution in [0.2, 0.25) is 0 Å². The number of rotatable bonds is 7. The van der Waals surface area contributed by atoms with Crippen molar-refractivity contribution >= 4 is 11.7 Å². The zero-order valence-corrected chi connectivity index (χ0v) is 19.4. The number of piperidine rings is 1. The van der Waals surface area contributed by atoms with Gasteiger partial charge < -0.3 is 25.2 Å². The van der Waals surface area contributed by atoms with Crippen LogP contribution in [-0.2, 0) is 13.0 Å². The Morgan fingerprint density at radius 3 is 2.78 bits per heavy atom. The minimum atomic E-state index is -0.0101. The van der Waals surface area contributed by atoms with Crippen LogP contribution >= 0.6 is 0 Å². The largest absolute Gasteiger partial charge is 0.491 e. The van der Waals surface area contributed by atoms with Gasteiger partial charge in [0.25, 0.3) is 5.91 Å². The van der Waals surface area contributed by atoms with E-state index >= 15 is 0 Å². The predicted molar refractivity (Wildman–Crippen MR) is 125 cm³/mol. The van der Waals surface area contributed by atoms with Crippen LogP contribution in [0.5, 0.6) is 5.75 Å². The van der Waals surface area contributed by atoms with Crippen LogP contribution in [0.15, 0.2) is 24.3 Å². The van der Waals surface area contributed by atoms with Crippen LogP contribution in [0.1, 0.15) is 46.2 Å². The number of hydrogen-bond donors (Lipinski definition) is 2. The van der Waals surface area contributed by atoms with Crippen LogP contribution in [0, 0.1) is 0 Å². The van der Waals surface area contributed by atoms with E-state index in [9.17, 15) is 4.79 Å². The normalized spacial score (nSPS) is 16.7. The summed E-state index contributed by atoms with van der Waals surface area (Å²) in [6, 6.07) is 7.52. The zero-order valence-electron chi connectivity index (χ0n) is 19.4. The quantitative estimate of drug-likeness (QED) is 0.685. The van der Waals surface area contributed by atoms with E-state index in [-0.39, 0.29) is 5.91 Å². The van der Waals surface area contributed by atoms with Gasteiger partial charge in [0, 0.05) is 31.6 Å². The molecule has 0 radical (unpaired) electrons. The molecule has 1 saturated heterocycles. The molecule has 0 bridgehead atoms. The zero-order chi connectivity index (χ0) is 22.5. The van der Waals surface area contributed by atoms with E-state index in [0.29, 0.717) is 36.9 Å². The van der Waals surface area contributed by atoms with Crippen molar-refractivity contribution in [1.82, 2.24) is 25.1 Å². The molecule has 2 aromatic rings. The van der Waals surface area contributed by atoms with Gasteiger partial charge in [-0.15, -0.1) is 0 Å². The number of para-hydroxylation sites is 1. The standard InChI is InChI=1S/C24H34N6O2/c1-25-23-18-10-13-30(16-20(18)27-22(28-23)17-8-11-26-12-9-17)24(31)19-6-4-5-7-21(19)32-15-14-29(2)3/h4-7,17,26H,8-16H2,1-3H3,(H,25,27,28). The molecule has 0 atom stereocenters. The first-order valence-electron chi connectivity index (χ1n) is 11.5. The molecule has 8 heteroatoms. The Hall–Kier alpha value is -2.71. The molecule has 0 saturated carbocycles. The Morgan fingerprint density at radius 1 is 1.25 bits per heavy atom. The summed E-state index contributed by atoms with van der Waals surface area (Å²) in [5, 5.41) is 6.66. The van der Waals surface area contributed by atoms with E-state index in [4.69, 9.17) is 14.7 Å². The molecule has 172 valence electrons. The molecule has 4 rings (SSSR count). The molecule has 32 heavy (non-hydrogen) atoms. The molecule has 2 N–H and O–H groups in total. The van der Waals surface area contributed by atoms with E-state index in [1.54, 1.807) is 0 Å². The number of nitrogens with one attached hydrogen (secondary N) is 2. The molecule has 0 spiro atoms. The fourth-order valence-electron chi connectivity index (χ4n) is 4.37. The Kier molecular flexibility index (Phi) is 7.22. The van der Waals surface area contributed by atoms with Gasteiger partial charge in [0.2, 0.25) is 0 Å². The molecule has 1 aromatic carbocycles. The number of aromatic nitrogens is 2. The van der Waals surface area contributed by atoms with Gasteiger partial charge in [-0.25, -0.2) is 9.97 Å². The molecular formula is C24H34N6O2. The number of amides is 1. The second-order valence-electron chi connectivity index (χ2n) is 8.75. The molecule has 0 unspecified atom stereocenters. The van der Waals surface area contributed by atoms with Crippen molar-refractivity contribution < 1.29 is 9.53 Å². The maximum Gasteiger partial charge on any atom is 0.257 e. The average molecular weight is 439 g/mol. The predicted octanol–water partition coefficient (Wildman–Crippen LogP) is 2.12. The van der Waals surface area contributed by atoms with Crippen molar-refractivity contribution in [2.75, 3.05) is 59.2 Å².